The lowest BCUT2D eigenvalue weighted by Crippen LogP contribution is -2.58. The molecule has 3 atom stereocenters. The Hall–Kier alpha value is -1.89. The minimum absolute atomic E-state index is 0.245. The molecule has 0 radical (unpaired) electrons. The lowest BCUT2D eigenvalue weighted by Gasteiger charge is -2.43. The molecule has 0 bridgehead atoms. The SMILES string of the molecule is CCCCCCCCCCCCC/C=C/CCCCC[N+](CC(CC)C(=O)O)(CC(CC)C(=O)O)CC(CC)C(=O)O. The summed E-state index contributed by atoms with van der Waals surface area (Å²) >= 11 is 0. The van der Waals surface area contributed by atoms with Gasteiger partial charge in [0.15, 0.2) is 0 Å². The highest BCUT2D eigenvalue weighted by Gasteiger charge is 2.40. The molecule has 0 fully saturated rings. The van der Waals surface area contributed by atoms with E-state index in [4.69, 9.17) is 0 Å². The predicted octanol–water partition coefficient (Wildman–Crippen LogP) is 8.95. The Labute approximate surface area is 257 Å². The van der Waals surface area contributed by atoms with Crippen LogP contribution in [0.4, 0.5) is 0 Å². The van der Waals surface area contributed by atoms with Crippen LogP contribution in [0.3, 0.4) is 0 Å². The van der Waals surface area contributed by atoms with E-state index in [0.29, 0.717) is 25.8 Å². The highest BCUT2D eigenvalue weighted by atomic mass is 16.4. The second-order valence-corrected chi connectivity index (χ2v) is 12.6. The van der Waals surface area contributed by atoms with Crippen molar-refractivity contribution in [3.8, 4) is 0 Å². The van der Waals surface area contributed by atoms with Crippen LogP contribution in [0.15, 0.2) is 12.2 Å². The fourth-order valence-electron chi connectivity index (χ4n) is 6.09. The lowest BCUT2D eigenvalue weighted by molar-refractivity contribution is -0.935. The summed E-state index contributed by atoms with van der Waals surface area (Å²) < 4.78 is 0.245. The van der Waals surface area contributed by atoms with Gasteiger partial charge in [-0.15, -0.1) is 0 Å². The fraction of sp³-hybridized carbons (Fsp3) is 0.857. The van der Waals surface area contributed by atoms with Crippen LogP contribution in [0.25, 0.3) is 0 Å². The predicted molar refractivity (Wildman–Crippen MR) is 173 cm³/mol. The van der Waals surface area contributed by atoms with Gasteiger partial charge in [-0.3, -0.25) is 14.4 Å². The number of hydrogen-bond acceptors (Lipinski definition) is 3. The maximum Gasteiger partial charge on any atom is 0.312 e. The molecule has 7 nitrogen and oxygen atoms in total. The molecule has 0 heterocycles. The van der Waals surface area contributed by atoms with Crippen molar-refractivity contribution in [1.29, 1.82) is 0 Å². The van der Waals surface area contributed by atoms with Gasteiger partial charge in [0.1, 0.15) is 17.8 Å². The number of hydrogen-bond donors (Lipinski definition) is 3. The van der Waals surface area contributed by atoms with Crippen LogP contribution in [0, 0.1) is 17.8 Å². The zero-order chi connectivity index (χ0) is 31.6. The normalized spacial score (nSPS) is 15.3. The minimum atomic E-state index is -0.894. The third-order valence-corrected chi connectivity index (χ3v) is 8.99. The van der Waals surface area contributed by atoms with Crippen molar-refractivity contribution in [1.82, 2.24) is 0 Å². The molecule has 0 saturated carbocycles. The van der Waals surface area contributed by atoms with Gasteiger partial charge >= 0.3 is 17.9 Å². The van der Waals surface area contributed by atoms with Gasteiger partial charge in [0.2, 0.25) is 0 Å². The summed E-state index contributed by atoms with van der Waals surface area (Å²) in [5.74, 6) is -4.55. The highest BCUT2D eigenvalue weighted by Crippen LogP contribution is 2.25. The van der Waals surface area contributed by atoms with Gasteiger partial charge in [0, 0.05) is 0 Å². The topological polar surface area (TPSA) is 112 Å². The minimum Gasteiger partial charge on any atom is -0.481 e. The Bertz CT molecular complexity index is 677. The van der Waals surface area contributed by atoms with Crippen LogP contribution in [0.5, 0.6) is 0 Å². The number of rotatable bonds is 30. The number of aliphatic carboxylic acids is 3. The first-order valence-electron chi connectivity index (χ1n) is 17.3. The van der Waals surface area contributed by atoms with E-state index < -0.39 is 35.7 Å². The number of carbonyl (C=O) groups is 3. The number of unbranched alkanes of at least 4 members (excludes halogenated alkanes) is 14. The van der Waals surface area contributed by atoms with Gasteiger partial charge in [-0.1, -0.05) is 104 Å². The van der Waals surface area contributed by atoms with Crippen LogP contribution in [-0.4, -0.2) is 63.9 Å². The summed E-state index contributed by atoms with van der Waals surface area (Å²) in [7, 11) is 0. The molecule has 0 aliphatic heterocycles. The maximum absolute atomic E-state index is 12.0. The van der Waals surface area contributed by atoms with Gasteiger partial charge in [0.05, 0.1) is 26.2 Å². The van der Waals surface area contributed by atoms with E-state index in [1.54, 1.807) is 0 Å². The Kier molecular flexibility index (Phi) is 24.4. The van der Waals surface area contributed by atoms with Gasteiger partial charge in [-0.25, -0.2) is 0 Å². The van der Waals surface area contributed by atoms with E-state index in [2.05, 4.69) is 19.1 Å². The summed E-state index contributed by atoms with van der Waals surface area (Å²) in [6.45, 7) is 9.20. The Morgan fingerprint density at radius 2 is 0.810 bits per heavy atom. The average Bonchev–Trinajstić information content (AvgIpc) is 2.96. The number of carboxylic acids is 3. The van der Waals surface area contributed by atoms with Crippen LogP contribution in [-0.2, 0) is 14.4 Å². The Morgan fingerprint density at radius 1 is 0.500 bits per heavy atom. The molecule has 0 saturated heterocycles. The first-order chi connectivity index (χ1) is 20.2. The smallest absolute Gasteiger partial charge is 0.312 e. The zero-order valence-corrected chi connectivity index (χ0v) is 27.7. The summed E-state index contributed by atoms with van der Waals surface area (Å²) in [6.07, 6.45) is 25.7. The Morgan fingerprint density at radius 3 is 1.12 bits per heavy atom. The van der Waals surface area contributed by atoms with Crippen LogP contribution >= 0.6 is 0 Å². The van der Waals surface area contributed by atoms with Crippen LogP contribution in [0.1, 0.15) is 150 Å². The van der Waals surface area contributed by atoms with Crippen molar-refractivity contribution in [2.75, 3.05) is 26.2 Å². The van der Waals surface area contributed by atoms with E-state index in [1.165, 1.54) is 70.6 Å². The molecule has 3 N–H and O–H groups in total. The molecule has 0 spiro atoms. The van der Waals surface area contributed by atoms with E-state index in [-0.39, 0.29) is 24.1 Å². The van der Waals surface area contributed by atoms with E-state index in [1.807, 2.05) is 20.8 Å². The van der Waals surface area contributed by atoms with Crippen molar-refractivity contribution >= 4 is 17.9 Å². The lowest BCUT2D eigenvalue weighted by atomic mass is 9.95. The standard InChI is InChI=1S/C35H65NO6/c1-5-9-10-11-12-13-14-15-16-17-18-19-20-21-22-23-24-25-26-36(27-30(6-2)33(37)38,28-31(7-3)34(39)40)29-32(8-4)35(41)42/h20-21,30-32H,5-19,22-29H2,1-4H3,(H2-,37,38,39,40,41,42)/p+1/b21-20+. The Balaban J connectivity index is 4.76. The number of allylic oxidation sites excluding steroid dienone is 2. The van der Waals surface area contributed by atoms with Crippen molar-refractivity contribution in [3.63, 3.8) is 0 Å². The van der Waals surface area contributed by atoms with Crippen molar-refractivity contribution < 1.29 is 34.2 Å². The summed E-state index contributed by atoms with van der Waals surface area (Å²) in [6, 6.07) is 0. The molecule has 42 heavy (non-hydrogen) atoms. The van der Waals surface area contributed by atoms with Gasteiger partial charge < -0.3 is 19.8 Å². The quantitative estimate of drug-likeness (QED) is 0.0433. The molecule has 7 heteroatoms. The monoisotopic (exact) mass is 596 g/mol. The average molecular weight is 597 g/mol. The molecule has 0 aliphatic rings. The molecule has 3 unspecified atom stereocenters. The van der Waals surface area contributed by atoms with Gasteiger partial charge in [0.25, 0.3) is 0 Å². The van der Waals surface area contributed by atoms with E-state index >= 15 is 0 Å². The van der Waals surface area contributed by atoms with E-state index in [9.17, 15) is 29.7 Å². The first kappa shape index (κ1) is 40.1. The maximum atomic E-state index is 12.0. The van der Waals surface area contributed by atoms with Crippen LogP contribution < -0.4 is 0 Å². The summed E-state index contributed by atoms with van der Waals surface area (Å²) in [5.41, 5.74) is 0. The third kappa shape index (κ3) is 19.3. The largest absolute Gasteiger partial charge is 0.481 e. The number of carboxylic acid groups (broad SMARTS) is 3. The summed E-state index contributed by atoms with van der Waals surface area (Å²) in [5, 5.41) is 29.4. The van der Waals surface area contributed by atoms with Crippen LogP contribution in [0.2, 0.25) is 0 Å². The molecular weight excluding hydrogens is 530 g/mol. The second kappa shape index (κ2) is 25.6. The molecule has 0 aliphatic carbocycles. The van der Waals surface area contributed by atoms with Gasteiger partial charge in [-0.2, -0.15) is 0 Å². The third-order valence-electron chi connectivity index (χ3n) is 8.99. The molecule has 0 aromatic rings. The first-order valence-corrected chi connectivity index (χ1v) is 17.3. The molecular formula is C35H66NO6+. The molecule has 0 amide bonds. The van der Waals surface area contributed by atoms with E-state index in [0.717, 1.165) is 32.1 Å². The molecule has 0 aromatic heterocycles. The second-order valence-electron chi connectivity index (χ2n) is 12.6. The van der Waals surface area contributed by atoms with Gasteiger partial charge in [-0.05, 0) is 57.8 Å². The molecule has 0 rings (SSSR count). The number of nitrogens with zero attached hydrogens (tertiary/aromatic N) is 1. The number of quaternary nitrogens is 1. The van der Waals surface area contributed by atoms with Crippen molar-refractivity contribution in [2.45, 2.75) is 150 Å². The summed E-state index contributed by atoms with van der Waals surface area (Å²) in [4.78, 5) is 35.9. The zero-order valence-electron chi connectivity index (χ0n) is 27.7. The molecule has 246 valence electrons. The fourth-order valence-corrected chi connectivity index (χ4v) is 6.09. The molecule has 0 aromatic carbocycles. The highest BCUT2D eigenvalue weighted by molar-refractivity contribution is 5.71. The van der Waals surface area contributed by atoms with Crippen molar-refractivity contribution in [3.05, 3.63) is 12.2 Å². The van der Waals surface area contributed by atoms with Crippen molar-refractivity contribution in [2.24, 2.45) is 17.8 Å².